The highest BCUT2D eigenvalue weighted by molar-refractivity contribution is 6.04. The van der Waals surface area contributed by atoms with E-state index in [2.05, 4.69) is 0 Å². The second kappa shape index (κ2) is 11.8. The van der Waals surface area contributed by atoms with Gasteiger partial charge in [-0.25, -0.2) is 8.78 Å². The van der Waals surface area contributed by atoms with Gasteiger partial charge in [-0.1, -0.05) is 60.7 Å². The number of nitrogens with zero attached hydrogens (tertiary/aromatic N) is 2. The zero-order valence-electron chi connectivity index (χ0n) is 21.7. The zero-order chi connectivity index (χ0) is 28.3. The predicted octanol–water partition coefficient (Wildman–Crippen LogP) is 3.85. The third-order valence-electron chi connectivity index (χ3n) is 7.19. The molecule has 0 bridgehead atoms. The molecule has 0 aliphatic carbocycles. The number of nitrogens with two attached hydrogens (primary N) is 1. The van der Waals surface area contributed by atoms with Gasteiger partial charge < -0.3 is 15.7 Å². The Morgan fingerprint density at radius 2 is 1.46 bits per heavy atom. The minimum absolute atomic E-state index is 0.334. The van der Waals surface area contributed by atoms with Gasteiger partial charge in [-0.2, -0.15) is 0 Å². The highest BCUT2D eigenvalue weighted by Crippen LogP contribution is 2.39. The summed E-state index contributed by atoms with van der Waals surface area (Å²) in [6, 6.07) is 17.8. The molecule has 1 saturated heterocycles. The molecule has 1 aliphatic rings. The van der Waals surface area contributed by atoms with E-state index in [1.807, 2.05) is 48.5 Å². The van der Waals surface area contributed by atoms with Crippen LogP contribution in [0.5, 0.6) is 0 Å². The molecule has 1 aliphatic heterocycles. The van der Waals surface area contributed by atoms with Crippen LogP contribution in [0.2, 0.25) is 0 Å². The monoisotopic (exact) mass is 535 g/mol. The Labute approximate surface area is 225 Å². The maximum atomic E-state index is 14.2. The van der Waals surface area contributed by atoms with Gasteiger partial charge in [0.2, 0.25) is 11.8 Å². The van der Waals surface area contributed by atoms with Crippen molar-refractivity contribution >= 4 is 17.7 Å². The number of amides is 3. The van der Waals surface area contributed by atoms with Gasteiger partial charge in [0.15, 0.2) is 6.10 Å². The van der Waals surface area contributed by atoms with E-state index in [1.165, 1.54) is 11.8 Å². The summed E-state index contributed by atoms with van der Waals surface area (Å²) >= 11 is 0. The number of aliphatic hydroxyl groups is 1. The molecule has 3 N–H and O–H groups in total. The molecule has 4 rings (SSSR count). The van der Waals surface area contributed by atoms with Crippen molar-refractivity contribution in [3.05, 3.63) is 107 Å². The molecule has 0 radical (unpaired) electrons. The van der Waals surface area contributed by atoms with Crippen molar-refractivity contribution in [2.75, 3.05) is 7.05 Å². The number of hydrogen-bond acceptors (Lipinski definition) is 5. The summed E-state index contributed by atoms with van der Waals surface area (Å²) in [5, 5.41) is 10.9. The molecule has 7 nitrogen and oxygen atoms in total. The lowest BCUT2D eigenvalue weighted by atomic mass is 9.85. The van der Waals surface area contributed by atoms with E-state index < -0.39 is 53.5 Å². The van der Waals surface area contributed by atoms with Crippen LogP contribution in [-0.2, 0) is 14.4 Å². The van der Waals surface area contributed by atoms with Gasteiger partial charge in [-0.15, -0.1) is 0 Å². The van der Waals surface area contributed by atoms with E-state index in [0.717, 1.165) is 23.3 Å². The van der Waals surface area contributed by atoms with Crippen LogP contribution in [0.25, 0.3) is 0 Å². The molecule has 3 aromatic carbocycles. The molecule has 39 heavy (non-hydrogen) atoms. The summed E-state index contributed by atoms with van der Waals surface area (Å²) in [5.41, 5.74) is 7.16. The van der Waals surface area contributed by atoms with Gasteiger partial charge in [-0.05, 0) is 48.6 Å². The summed E-state index contributed by atoms with van der Waals surface area (Å²) in [4.78, 5) is 43.7. The normalized spacial score (nSPS) is 21.1. The van der Waals surface area contributed by atoms with Crippen molar-refractivity contribution in [1.29, 1.82) is 0 Å². The van der Waals surface area contributed by atoms with Crippen LogP contribution >= 0.6 is 0 Å². The van der Waals surface area contributed by atoms with Gasteiger partial charge in [0.05, 0.1) is 12.1 Å². The van der Waals surface area contributed by atoms with E-state index >= 15 is 0 Å². The Kier molecular flexibility index (Phi) is 8.52. The summed E-state index contributed by atoms with van der Waals surface area (Å²) in [6.45, 7) is 1.37. The van der Waals surface area contributed by atoms with Crippen LogP contribution in [0.1, 0.15) is 54.5 Å². The zero-order valence-corrected chi connectivity index (χ0v) is 21.7. The molecule has 9 heteroatoms. The van der Waals surface area contributed by atoms with E-state index in [9.17, 15) is 28.3 Å². The Bertz CT molecular complexity index is 1320. The fourth-order valence-electron chi connectivity index (χ4n) is 5.24. The Morgan fingerprint density at radius 3 is 2.00 bits per heavy atom. The molecule has 0 unspecified atom stereocenters. The third kappa shape index (κ3) is 5.89. The van der Waals surface area contributed by atoms with Crippen molar-refractivity contribution in [1.82, 2.24) is 9.80 Å². The first kappa shape index (κ1) is 28.1. The molecule has 3 amide bonds. The molecule has 3 aromatic rings. The molecule has 0 spiro atoms. The van der Waals surface area contributed by atoms with E-state index in [4.69, 9.17) is 5.73 Å². The first-order chi connectivity index (χ1) is 18.6. The summed E-state index contributed by atoms with van der Waals surface area (Å²) in [6.07, 6.45) is -1.15. The number of likely N-dealkylation sites (N-methyl/N-ethyl adjacent to an activating group) is 1. The van der Waals surface area contributed by atoms with Crippen molar-refractivity contribution in [2.24, 2.45) is 5.73 Å². The SMILES string of the molecule is C[C@H](N)C(=O)N(C(=O)[C@@H](O)c1cc(F)cc(F)c1)[C@@H]1C(=O)N(C)[C@H](c2ccccc2)CC[C@@H]1c1ccccc1. The van der Waals surface area contributed by atoms with Gasteiger partial charge in [0.25, 0.3) is 5.91 Å². The number of benzene rings is 3. The number of imide groups is 1. The highest BCUT2D eigenvalue weighted by atomic mass is 19.1. The summed E-state index contributed by atoms with van der Waals surface area (Å²) in [7, 11) is 1.61. The molecule has 5 atom stereocenters. The Morgan fingerprint density at radius 1 is 0.923 bits per heavy atom. The Balaban J connectivity index is 1.84. The van der Waals surface area contributed by atoms with Crippen molar-refractivity contribution in [3.63, 3.8) is 0 Å². The number of rotatable bonds is 6. The lowest BCUT2D eigenvalue weighted by Gasteiger charge is -2.37. The third-order valence-corrected chi connectivity index (χ3v) is 7.19. The molecule has 1 fully saturated rings. The predicted molar refractivity (Wildman–Crippen MR) is 141 cm³/mol. The van der Waals surface area contributed by atoms with Crippen LogP contribution in [-0.4, -0.2) is 51.8 Å². The Hall–Kier alpha value is -3.95. The largest absolute Gasteiger partial charge is 0.378 e. The van der Waals surface area contributed by atoms with Crippen molar-refractivity contribution < 1.29 is 28.3 Å². The molecular formula is C30H31F2N3O4. The number of aliphatic hydroxyl groups excluding tert-OH is 1. The summed E-state index contributed by atoms with van der Waals surface area (Å²) < 4.78 is 27.9. The molecular weight excluding hydrogens is 504 g/mol. The number of carbonyl (C=O) groups excluding carboxylic acids is 3. The second-order valence-electron chi connectivity index (χ2n) is 9.86. The lowest BCUT2D eigenvalue weighted by molar-refractivity contribution is -0.160. The maximum Gasteiger partial charge on any atom is 0.263 e. The van der Waals surface area contributed by atoms with E-state index in [1.54, 1.807) is 19.2 Å². The van der Waals surface area contributed by atoms with Crippen LogP contribution < -0.4 is 5.73 Å². The van der Waals surface area contributed by atoms with Crippen molar-refractivity contribution in [3.8, 4) is 0 Å². The van der Waals surface area contributed by atoms with Gasteiger partial charge in [-0.3, -0.25) is 19.3 Å². The second-order valence-corrected chi connectivity index (χ2v) is 9.86. The minimum Gasteiger partial charge on any atom is -0.378 e. The standard InChI is InChI=1S/C30H31F2N3O4/c1-18(33)28(37)35(30(39)27(36)21-15-22(31)17-23(32)16-21)26-24(19-9-5-3-6-10-19)13-14-25(34(2)29(26)38)20-11-7-4-8-12-20/h3-12,15-18,24-27,36H,13-14,33H2,1-2H3/t18-,24+,25-,26-,27-/m0/s1. The quantitative estimate of drug-likeness (QED) is 0.499. The average Bonchev–Trinajstić information content (AvgIpc) is 3.05. The van der Waals surface area contributed by atoms with Gasteiger partial charge in [0, 0.05) is 19.0 Å². The number of likely N-dealkylation sites (tertiary alicyclic amines) is 1. The van der Waals surface area contributed by atoms with Crippen molar-refractivity contribution in [2.45, 2.75) is 49.9 Å². The molecule has 1 heterocycles. The molecule has 204 valence electrons. The fraction of sp³-hybridized carbons (Fsp3) is 0.300. The van der Waals surface area contributed by atoms with Gasteiger partial charge in [0.1, 0.15) is 17.7 Å². The molecule has 0 aromatic heterocycles. The topological polar surface area (TPSA) is 104 Å². The summed E-state index contributed by atoms with van der Waals surface area (Å²) in [5.74, 6) is -5.22. The average molecular weight is 536 g/mol. The molecule has 0 saturated carbocycles. The smallest absolute Gasteiger partial charge is 0.263 e. The lowest BCUT2D eigenvalue weighted by Crippen LogP contribution is -2.58. The number of hydrogen-bond donors (Lipinski definition) is 2. The van der Waals surface area contributed by atoms with E-state index in [0.29, 0.717) is 23.8 Å². The minimum atomic E-state index is -2.11. The number of carbonyl (C=O) groups is 3. The van der Waals surface area contributed by atoms with Gasteiger partial charge >= 0.3 is 0 Å². The van der Waals surface area contributed by atoms with Crippen LogP contribution in [0.4, 0.5) is 8.78 Å². The maximum absolute atomic E-state index is 14.2. The van der Waals surface area contributed by atoms with E-state index in [-0.39, 0.29) is 11.6 Å². The fourth-order valence-corrected chi connectivity index (χ4v) is 5.24. The highest BCUT2D eigenvalue weighted by Gasteiger charge is 2.47. The van der Waals surface area contributed by atoms with Crippen LogP contribution in [0, 0.1) is 11.6 Å². The van der Waals surface area contributed by atoms with Crippen LogP contribution in [0.3, 0.4) is 0 Å². The number of halogens is 2. The first-order valence-corrected chi connectivity index (χ1v) is 12.7. The first-order valence-electron chi connectivity index (χ1n) is 12.7. The van der Waals surface area contributed by atoms with Crippen LogP contribution in [0.15, 0.2) is 78.9 Å².